The summed E-state index contributed by atoms with van der Waals surface area (Å²) in [6.07, 6.45) is 0. The molecule has 0 aliphatic carbocycles. The molecule has 218 valence electrons. The molecule has 0 unspecified atom stereocenters. The van der Waals surface area contributed by atoms with Crippen LogP contribution in [-0.2, 0) is 0 Å². The second-order valence-electron chi connectivity index (χ2n) is 12.2. The highest BCUT2D eigenvalue weighted by atomic mass is 15.0. The van der Waals surface area contributed by atoms with Crippen LogP contribution in [0.15, 0.2) is 164 Å². The van der Waals surface area contributed by atoms with Gasteiger partial charge in [-0.3, -0.25) is 0 Å². The number of aromatic nitrogens is 3. The smallest absolute Gasteiger partial charge is 0.0973 e. The van der Waals surface area contributed by atoms with Crippen molar-refractivity contribution in [1.82, 2.24) is 14.5 Å². The Morgan fingerprint density at radius 2 is 0.851 bits per heavy atom. The van der Waals surface area contributed by atoms with Crippen LogP contribution in [0.2, 0.25) is 0 Å². The van der Waals surface area contributed by atoms with E-state index in [0.717, 1.165) is 33.5 Å². The molecule has 0 amide bonds. The van der Waals surface area contributed by atoms with Crippen molar-refractivity contribution >= 4 is 65.2 Å². The van der Waals surface area contributed by atoms with Gasteiger partial charge in [0.1, 0.15) is 0 Å². The van der Waals surface area contributed by atoms with Crippen LogP contribution in [0.1, 0.15) is 0 Å². The van der Waals surface area contributed by atoms with Gasteiger partial charge in [0.05, 0.1) is 33.5 Å². The Hall–Kier alpha value is -6.32. The lowest BCUT2D eigenvalue weighted by Gasteiger charge is -2.15. The summed E-state index contributed by atoms with van der Waals surface area (Å²) in [6.45, 7) is 0. The molecule has 0 spiro atoms. The molecule has 3 nitrogen and oxygen atoms in total. The Morgan fingerprint density at radius 3 is 1.57 bits per heavy atom. The van der Waals surface area contributed by atoms with Crippen LogP contribution in [0, 0.1) is 0 Å². The van der Waals surface area contributed by atoms with Gasteiger partial charge in [-0.2, -0.15) is 0 Å². The lowest BCUT2D eigenvalue weighted by atomic mass is 9.91. The van der Waals surface area contributed by atoms with Gasteiger partial charge in [-0.05, 0) is 80.8 Å². The Balaban J connectivity index is 1.30. The van der Waals surface area contributed by atoms with E-state index in [1.54, 1.807) is 0 Å². The van der Waals surface area contributed by atoms with Crippen molar-refractivity contribution < 1.29 is 0 Å². The number of nitrogens with zero attached hydrogens (tertiary/aromatic N) is 3. The van der Waals surface area contributed by atoms with Crippen LogP contribution < -0.4 is 0 Å². The Kier molecular flexibility index (Phi) is 5.57. The summed E-state index contributed by atoms with van der Waals surface area (Å²) in [5.74, 6) is 0. The lowest BCUT2D eigenvalue weighted by Crippen LogP contribution is -1.96. The molecule has 0 saturated heterocycles. The van der Waals surface area contributed by atoms with Gasteiger partial charge in [-0.15, -0.1) is 0 Å². The number of hydrogen-bond acceptors (Lipinski definition) is 2. The first-order valence-corrected chi connectivity index (χ1v) is 16.0. The average molecular weight is 598 g/mol. The predicted molar refractivity (Wildman–Crippen MR) is 197 cm³/mol. The summed E-state index contributed by atoms with van der Waals surface area (Å²) in [5, 5.41) is 9.93. The average Bonchev–Trinajstić information content (AvgIpc) is 3.47. The largest absolute Gasteiger partial charge is 0.309 e. The zero-order chi connectivity index (χ0) is 30.9. The standard InChI is InChI=1S/C44H27N3/c1-3-13-28(14-4-1)43-44(46-40-21-11-10-20-39(40)45-43)29-23-24-33-35(25-29)31-17-7-8-18-32(31)37-27-42-38(26-36(33)37)34-19-9-12-22-41(34)47(42)30-15-5-2-6-16-30/h1-27H. The molecule has 3 heteroatoms. The van der Waals surface area contributed by atoms with Gasteiger partial charge in [0.2, 0.25) is 0 Å². The molecule has 0 radical (unpaired) electrons. The number of para-hydroxylation sites is 4. The minimum Gasteiger partial charge on any atom is -0.309 e. The molecule has 0 atom stereocenters. The number of rotatable bonds is 3. The predicted octanol–water partition coefficient (Wildman–Crippen LogP) is 11.5. The van der Waals surface area contributed by atoms with E-state index in [-0.39, 0.29) is 0 Å². The molecule has 10 aromatic rings. The molecular weight excluding hydrogens is 571 g/mol. The maximum Gasteiger partial charge on any atom is 0.0973 e. The van der Waals surface area contributed by atoms with Crippen molar-refractivity contribution in [2.24, 2.45) is 0 Å². The van der Waals surface area contributed by atoms with Crippen LogP contribution in [0.3, 0.4) is 0 Å². The topological polar surface area (TPSA) is 30.7 Å². The fraction of sp³-hybridized carbons (Fsp3) is 0. The molecule has 8 aromatic carbocycles. The van der Waals surface area contributed by atoms with E-state index in [1.165, 1.54) is 59.8 Å². The fourth-order valence-corrected chi connectivity index (χ4v) is 7.42. The molecule has 0 N–H and O–H groups in total. The molecule has 0 aliphatic heterocycles. The third-order valence-electron chi connectivity index (χ3n) is 9.53. The summed E-state index contributed by atoms with van der Waals surface area (Å²) < 4.78 is 2.40. The zero-order valence-corrected chi connectivity index (χ0v) is 25.4. The molecule has 0 bridgehead atoms. The highest BCUT2D eigenvalue weighted by Gasteiger charge is 2.18. The summed E-state index contributed by atoms with van der Waals surface area (Å²) in [5.41, 5.74) is 9.27. The normalized spacial score (nSPS) is 11.8. The number of benzene rings is 8. The summed E-state index contributed by atoms with van der Waals surface area (Å²) in [4.78, 5) is 10.4. The van der Waals surface area contributed by atoms with Gasteiger partial charge in [0, 0.05) is 27.6 Å². The molecule has 10 rings (SSSR count). The summed E-state index contributed by atoms with van der Waals surface area (Å²) in [6, 6.07) is 58.4. The Labute approximate surface area is 271 Å². The van der Waals surface area contributed by atoms with E-state index in [2.05, 4.69) is 138 Å². The van der Waals surface area contributed by atoms with Gasteiger partial charge in [-0.25, -0.2) is 9.97 Å². The second kappa shape index (κ2) is 10.1. The first-order chi connectivity index (χ1) is 23.3. The fourth-order valence-electron chi connectivity index (χ4n) is 7.42. The summed E-state index contributed by atoms with van der Waals surface area (Å²) >= 11 is 0. The second-order valence-corrected chi connectivity index (χ2v) is 12.2. The first-order valence-electron chi connectivity index (χ1n) is 16.0. The van der Waals surface area contributed by atoms with Crippen LogP contribution in [-0.4, -0.2) is 14.5 Å². The first kappa shape index (κ1) is 26.0. The molecule has 2 aromatic heterocycles. The van der Waals surface area contributed by atoms with Crippen LogP contribution in [0.5, 0.6) is 0 Å². The quantitative estimate of drug-likeness (QED) is 0.190. The highest BCUT2D eigenvalue weighted by molar-refractivity contribution is 6.29. The lowest BCUT2D eigenvalue weighted by molar-refractivity contribution is 1.18. The third kappa shape index (κ3) is 3.93. The maximum atomic E-state index is 5.21. The van der Waals surface area contributed by atoms with Crippen molar-refractivity contribution in [2.75, 3.05) is 0 Å². The van der Waals surface area contributed by atoms with Gasteiger partial charge < -0.3 is 4.57 Å². The third-order valence-corrected chi connectivity index (χ3v) is 9.53. The van der Waals surface area contributed by atoms with E-state index in [4.69, 9.17) is 9.97 Å². The number of fused-ring (bicyclic) bond motifs is 10. The number of hydrogen-bond donors (Lipinski definition) is 0. The maximum absolute atomic E-state index is 5.21. The minimum atomic E-state index is 0.891. The van der Waals surface area contributed by atoms with Crippen molar-refractivity contribution in [1.29, 1.82) is 0 Å². The molecule has 0 fully saturated rings. The monoisotopic (exact) mass is 597 g/mol. The van der Waals surface area contributed by atoms with Crippen molar-refractivity contribution in [3.8, 4) is 28.2 Å². The van der Waals surface area contributed by atoms with Gasteiger partial charge in [-0.1, -0.05) is 115 Å². The van der Waals surface area contributed by atoms with E-state index in [9.17, 15) is 0 Å². The zero-order valence-electron chi connectivity index (χ0n) is 25.4. The Bertz CT molecular complexity index is 2830. The van der Waals surface area contributed by atoms with E-state index >= 15 is 0 Å². The van der Waals surface area contributed by atoms with Gasteiger partial charge in [0.25, 0.3) is 0 Å². The van der Waals surface area contributed by atoms with Crippen molar-refractivity contribution in [2.45, 2.75) is 0 Å². The molecule has 2 heterocycles. The van der Waals surface area contributed by atoms with Crippen molar-refractivity contribution in [3.05, 3.63) is 164 Å². The van der Waals surface area contributed by atoms with Crippen LogP contribution in [0.4, 0.5) is 0 Å². The molecule has 0 saturated carbocycles. The van der Waals surface area contributed by atoms with E-state index < -0.39 is 0 Å². The van der Waals surface area contributed by atoms with Gasteiger partial charge in [0.15, 0.2) is 0 Å². The van der Waals surface area contributed by atoms with Crippen LogP contribution in [0.25, 0.3) is 93.4 Å². The SMILES string of the molecule is c1ccc(-c2nc3ccccc3nc2-c2ccc3c(c2)c2ccccc2c2cc4c(cc32)c2ccccc2n4-c2ccccc2)cc1. The Morgan fingerprint density at radius 1 is 0.319 bits per heavy atom. The summed E-state index contributed by atoms with van der Waals surface area (Å²) in [7, 11) is 0. The molecule has 47 heavy (non-hydrogen) atoms. The van der Waals surface area contributed by atoms with Crippen LogP contribution >= 0.6 is 0 Å². The highest BCUT2D eigenvalue weighted by Crippen LogP contribution is 2.42. The van der Waals surface area contributed by atoms with E-state index in [1.807, 2.05) is 30.3 Å². The van der Waals surface area contributed by atoms with E-state index in [0.29, 0.717) is 0 Å². The molecular formula is C44H27N3. The minimum absolute atomic E-state index is 0.891. The molecule has 0 aliphatic rings. The van der Waals surface area contributed by atoms with Crippen molar-refractivity contribution in [3.63, 3.8) is 0 Å². The van der Waals surface area contributed by atoms with Gasteiger partial charge >= 0.3 is 0 Å².